The van der Waals surface area contributed by atoms with Crippen molar-refractivity contribution in [1.82, 2.24) is 4.98 Å². The van der Waals surface area contributed by atoms with Crippen LogP contribution in [0.2, 0.25) is 0 Å². The van der Waals surface area contributed by atoms with E-state index in [2.05, 4.69) is 10.3 Å². The molecule has 0 radical (unpaired) electrons. The van der Waals surface area contributed by atoms with E-state index < -0.39 is 0 Å². The van der Waals surface area contributed by atoms with Crippen LogP contribution in [0.5, 0.6) is 0 Å². The standard InChI is InChI=1S/C22H18N2O2/c1-14-10-11-19-20(12-14)26-22(24-19)16-7-5-8-17(13-16)23-21(25)18-9-4-3-6-15(18)2/h3-13H,1-2H3,(H,23,25). The van der Waals surface area contributed by atoms with Crippen LogP contribution in [-0.2, 0) is 0 Å². The van der Waals surface area contributed by atoms with Crippen LogP contribution in [0.3, 0.4) is 0 Å². The normalized spacial score (nSPS) is 10.8. The summed E-state index contributed by atoms with van der Waals surface area (Å²) in [6.45, 7) is 3.94. The molecule has 0 aliphatic heterocycles. The van der Waals surface area contributed by atoms with Crippen molar-refractivity contribution in [3.8, 4) is 11.5 Å². The Morgan fingerprint density at radius 3 is 2.65 bits per heavy atom. The van der Waals surface area contributed by atoms with Crippen molar-refractivity contribution in [3.05, 3.63) is 83.4 Å². The molecule has 0 saturated heterocycles. The monoisotopic (exact) mass is 342 g/mol. The van der Waals surface area contributed by atoms with E-state index >= 15 is 0 Å². The van der Waals surface area contributed by atoms with Crippen molar-refractivity contribution >= 4 is 22.7 Å². The molecule has 0 bridgehead atoms. The van der Waals surface area contributed by atoms with E-state index in [1.807, 2.05) is 80.6 Å². The maximum absolute atomic E-state index is 12.5. The van der Waals surface area contributed by atoms with Gasteiger partial charge < -0.3 is 9.73 Å². The SMILES string of the molecule is Cc1ccc2nc(-c3cccc(NC(=O)c4ccccc4C)c3)oc2c1. The summed E-state index contributed by atoms with van der Waals surface area (Å²) in [5.74, 6) is 0.408. The highest BCUT2D eigenvalue weighted by Gasteiger charge is 2.11. The average Bonchev–Trinajstić information content (AvgIpc) is 3.05. The highest BCUT2D eigenvalue weighted by atomic mass is 16.3. The predicted octanol–water partition coefficient (Wildman–Crippen LogP) is 5.36. The first-order chi connectivity index (χ1) is 12.6. The Bertz CT molecular complexity index is 1110. The minimum absolute atomic E-state index is 0.131. The van der Waals surface area contributed by atoms with Crippen LogP contribution in [0.1, 0.15) is 21.5 Å². The second-order valence-electron chi connectivity index (χ2n) is 6.34. The number of amides is 1. The van der Waals surface area contributed by atoms with Gasteiger partial charge in [-0.05, 0) is 61.4 Å². The molecule has 1 heterocycles. The highest BCUT2D eigenvalue weighted by Crippen LogP contribution is 2.27. The molecule has 3 aromatic carbocycles. The lowest BCUT2D eigenvalue weighted by atomic mass is 10.1. The molecule has 0 atom stereocenters. The molecule has 4 heteroatoms. The summed E-state index contributed by atoms with van der Waals surface area (Å²) in [7, 11) is 0. The highest BCUT2D eigenvalue weighted by molar-refractivity contribution is 6.05. The molecule has 1 amide bonds. The molecule has 0 aliphatic rings. The van der Waals surface area contributed by atoms with Crippen molar-refractivity contribution in [2.75, 3.05) is 5.32 Å². The fourth-order valence-corrected chi connectivity index (χ4v) is 2.91. The summed E-state index contributed by atoms with van der Waals surface area (Å²) in [6.07, 6.45) is 0. The lowest BCUT2D eigenvalue weighted by molar-refractivity contribution is 0.102. The van der Waals surface area contributed by atoms with Gasteiger partial charge >= 0.3 is 0 Å². The number of aryl methyl sites for hydroxylation is 2. The van der Waals surface area contributed by atoms with E-state index in [0.717, 1.165) is 27.8 Å². The largest absolute Gasteiger partial charge is 0.436 e. The first kappa shape index (κ1) is 16.1. The Morgan fingerprint density at radius 1 is 0.962 bits per heavy atom. The number of hydrogen-bond acceptors (Lipinski definition) is 3. The van der Waals surface area contributed by atoms with Crippen molar-refractivity contribution in [1.29, 1.82) is 0 Å². The van der Waals surface area contributed by atoms with E-state index in [4.69, 9.17) is 4.42 Å². The zero-order valence-electron chi connectivity index (χ0n) is 14.6. The van der Waals surface area contributed by atoms with Gasteiger partial charge in [-0.25, -0.2) is 4.98 Å². The van der Waals surface area contributed by atoms with Gasteiger partial charge in [-0.2, -0.15) is 0 Å². The number of aromatic nitrogens is 1. The Labute approximate surface area is 151 Å². The number of nitrogens with one attached hydrogen (secondary N) is 1. The van der Waals surface area contributed by atoms with Crippen molar-refractivity contribution in [2.24, 2.45) is 0 Å². The number of benzene rings is 3. The predicted molar refractivity (Wildman–Crippen MR) is 103 cm³/mol. The number of rotatable bonds is 3. The zero-order chi connectivity index (χ0) is 18.1. The first-order valence-electron chi connectivity index (χ1n) is 8.45. The Kier molecular flexibility index (Phi) is 4.01. The summed E-state index contributed by atoms with van der Waals surface area (Å²) in [5.41, 5.74) is 5.83. The lowest BCUT2D eigenvalue weighted by Gasteiger charge is -2.08. The van der Waals surface area contributed by atoms with Crippen LogP contribution in [0, 0.1) is 13.8 Å². The lowest BCUT2D eigenvalue weighted by Crippen LogP contribution is -2.13. The van der Waals surface area contributed by atoms with E-state index in [1.165, 1.54) is 0 Å². The maximum Gasteiger partial charge on any atom is 0.255 e. The second kappa shape index (κ2) is 6.48. The Hall–Kier alpha value is -3.40. The van der Waals surface area contributed by atoms with Crippen molar-refractivity contribution in [3.63, 3.8) is 0 Å². The van der Waals surface area contributed by atoms with Gasteiger partial charge in [-0.3, -0.25) is 4.79 Å². The van der Waals surface area contributed by atoms with Crippen LogP contribution in [-0.4, -0.2) is 10.9 Å². The van der Waals surface area contributed by atoms with Crippen LogP contribution in [0.4, 0.5) is 5.69 Å². The van der Waals surface area contributed by atoms with Gasteiger partial charge in [0.25, 0.3) is 5.91 Å². The average molecular weight is 342 g/mol. The number of oxazole rings is 1. The number of nitrogens with zero attached hydrogens (tertiary/aromatic N) is 1. The molecule has 4 nitrogen and oxygen atoms in total. The number of carbonyl (C=O) groups excluding carboxylic acids is 1. The molecule has 0 spiro atoms. The Morgan fingerprint density at radius 2 is 1.81 bits per heavy atom. The molecular formula is C22H18N2O2. The zero-order valence-corrected chi connectivity index (χ0v) is 14.6. The summed E-state index contributed by atoms with van der Waals surface area (Å²) in [5, 5.41) is 2.94. The molecule has 0 fully saturated rings. The Balaban J connectivity index is 1.64. The van der Waals surface area contributed by atoms with Crippen molar-refractivity contribution in [2.45, 2.75) is 13.8 Å². The minimum Gasteiger partial charge on any atom is -0.436 e. The van der Waals surface area contributed by atoms with Crippen LogP contribution in [0.15, 0.2) is 71.1 Å². The summed E-state index contributed by atoms with van der Waals surface area (Å²) in [4.78, 5) is 17.0. The molecule has 1 N–H and O–H groups in total. The van der Waals surface area contributed by atoms with Crippen molar-refractivity contribution < 1.29 is 9.21 Å². The summed E-state index contributed by atoms with van der Waals surface area (Å²) < 4.78 is 5.87. The van der Waals surface area contributed by atoms with Crippen LogP contribution >= 0.6 is 0 Å². The smallest absolute Gasteiger partial charge is 0.255 e. The maximum atomic E-state index is 12.5. The third-order valence-corrected chi connectivity index (χ3v) is 4.30. The topological polar surface area (TPSA) is 55.1 Å². The molecule has 4 aromatic rings. The molecule has 26 heavy (non-hydrogen) atoms. The van der Waals surface area contributed by atoms with Gasteiger partial charge in [0.1, 0.15) is 5.52 Å². The first-order valence-corrected chi connectivity index (χ1v) is 8.45. The quantitative estimate of drug-likeness (QED) is 0.545. The third-order valence-electron chi connectivity index (χ3n) is 4.30. The van der Waals surface area contributed by atoms with Gasteiger partial charge in [0.05, 0.1) is 0 Å². The molecule has 128 valence electrons. The van der Waals surface area contributed by atoms with E-state index in [9.17, 15) is 4.79 Å². The summed E-state index contributed by atoms with van der Waals surface area (Å²) in [6, 6.07) is 21.0. The van der Waals surface area contributed by atoms with Crippen LogP contribution < -0.4 is 5.32 Å². The third kappa shape index (κ3) is 3.09. The molecule has 0 aliphatic carbocycles. The fraction of sp³-hybridized carbons (Fsp3) is 0.0909. The fourth-order valence-electron chi connectivity index (χ4n) is 2.91. The van der Waals surface area contributed by atoms with E-state index in [0.29, 0.717) is 17.1 Å². The molecule has 4 rings (SSSR count). The number of fused-ring (bicyclic) bond motifs is 1. The van der Waals surface area contributed by atoms with Gasteiger partial charge in [0, 0.05) is 16.8 Å². The number of carbonyl (C=O) groups is 1. The van der Waals surface area contributed by atoms with E-state index in [-0.39, 0.29) is 5.91 Å². The number of anilines is 1. The number of hydrogen-bond donors (Lipinski definition) is 1. The molecule has 1 aromatic heterocycles. The van der Waals surface area contributed by atoms with Gasteiger partial charge in [-0.15, -0.1) is 0 Å². The molecule has 0 saturated carbocycles. The van der Waals surface area contributed by atoms with Crippen LogP contribution in [0.25, 0.3) is 22.6 Å². The van der Waals surface area contributed by atoms with E-state index in [1.54, 1.807) is 0 Å². The van der Waals surface area contributed by atoms with Gasteiger partial charge in [0.15, 0.2) is 5.58 Å². The minimum atomic E-state index is -0.131. The second-order valence-corrected chi connectivity index (χ2v) is 6.34. The molecular weight excluding hydrogens is 324 g/mol. The van der Waals surface area contributed by atoms with Gasteiger partial charge in [-0.1, -0.05) is 30.3 Å². The summed E-state index contributed by atoms with van der Waals surface area (Å²) >= 11 is 0. The molecule has 0 unspecified atom stereocenters. The van der Waals surface area contributed by atoms with Gasteiger partial charge in [0.2, 0.25) is 5.89 Å².